The minimum absolute atomic E-state index is 0.0259. The van der Waals surface area contributed by atoms with Crippen molar-refractivity contribution in [2.75, 3.05) is 19.6 Å². The Kier molecular flexibility index (Phi) is 4.46. The lowest BCUT2D eigenvalue weighted by molar-refractivity contribution is -0.185. The number of aliphatic hydroxyl groups excluding tert-OH is 1. The summed E-state index contributed by atoms with van der Waals surface area (Å²) < 4.78 is 38.2. The van der Waals surface area contributed by atoms with E-state index in [1.807, 2.05) is 0 Å². The third kappa shape index (κ3) is 3.66. The highest BCUT2D eigenvalue weighted by molar-refractivity contribution is 5.87. The Morgan fingerprint density at radius 1 is 1.38 bits per heavy atom. The van der Waals surface area contributed by atoms with E-state index in [0.717, 1.165) is 0 Å². The van der Waals surface area contributed by atoms with Crippen molar-refractivity contribution in [3.63, 3.8) is 0 Å². The molecule has 0 radical (unpaired) electrons. The van der Waals surface area contributed by atoms with Crippen molar-refractivity contribution in [2.24, 2.45) is 5.41 Å². The summed E-state index contributed by atoms with van der Waals surface area (Å²) in [4.78, 5) is 24.7. The highest BCUT2D eigenvalue weighted by Gasteiger charge is 2.63. The Morgan fingerprint density at radius 3 is 2.62 bits per heavy atom. The van der Waals surface area contributed by atoms with Gasteiger partial charge in [0.1, 0.15) is 6.10 Å². The molecule has 1 unspecified atom stereocenters. The zero-order chi connectivity index (χ0) is 15.7. The van der Waals surface area contributed by atoms with Gasteiger partial charge in [0.15, 0.2) is 0 Å². The lowest BCUT2D eigenvalue weighted by atomic mass is 10.1. The van der Waals surface area contributed by atoms with Gasteiger partial charge in [-0.2, -0.15) is 13.2 Å². The first-order chi connectivity index (χ1) is 9.75. The van der Waals surface area contributed by atoms with Gasteiger partial charge in [-0.05, 0) is 32.1 Å². The van der Waals surface area contributed by atoms with Crippen LogP contribution in [-0.4, -0.2) is 53.7 Å². The molecule has 2 amide bonds. The zero-order valence-electron chi connectivity index (χ0n) is 11.6. The molecule has 2 fully saturated rings. The molecule has 1 saturated heterocycles. The maximum atomic E-state index is 12.7. The molecule has 0 aromatic carbocycles. The minimum atomic E-state index is -4.31. The fraction of sp³-hybridized carbons (Fsp3) is 0.846. The number of hydrogen-bond donors (Lipinski definition) is 2. The molecule has 1 heterocycles. The molecule has 0 bridgehead atoms. The lowest BCUT2D eigenvalue weighted by Gasteiger charge is -2.23. The number of nitrogens with one attached hydrogen (secondary N) is 1. The number of aliphatic hydroxyl groups is 1. The summed E-state index contributed by atoms with van der Waals surface area (Å²) >= 11 is 0. The van der Waals surface area contributed by atoms with Crippen LogP contribution in [0.3, 0.4) is 0 Å². The first kappa shape index (κ1) is 16.1. The van der Waals surface area contributed by atoms with Crippen molar-refractivity contribution in [3.8, 4) is 0 Å². The Morgan fingerprint density at radius 2 is 2.05 bits per heavy atom. The molecule has 0 aromatic rings. The average Bonchev–Trinajstić information content (AvgIpc) is 3.19. The monoisotopic (exact) mass is 308 g/mol. The molecule has 8 heteroatoms. The zero-order valence-corrected chi connectivity index (χ0v) is 11.6. The molecule has 2 rings (SSSR count). The Bertz CT molecular complexity index is 421. The van der Waals surface area contributed by atoms with Gasteiger partial charge in [-0.3, -0.25) is 9.59 Å². The number of halogens is 3. The van der Waals surface area contributed by atoms with E-state index in [-0.39, 0.29) is 19.4 Å². The molecule has 1 saturated carbocycles. The van der Waals surface area contributed by atoms with Crippen molar-refractivity contribution in [1.82, 2.24) is 10.2 Å². The average molecular weight is 308 g/mol. The van der Waals surface area contributed by atoms with Crippen molar-refractivity contribution in [3.05, 3.63) is 0 Å². The molecule has 1 aliphatic heterocycles. The van der Waals surface area contributed by atoms with Crippen LogP contribution in [0.5, 0.6) is 0 Å². The summed E-state index contributed by atoms with van der Waals surface area (Å²) in [7, 11) is 0. The number of nitrogens with zero attached hydrogens (tertiary/aromatic N) is 1. The number of carbonyl (C=O) groups is 2. The van der Waals surface area contributed by atoms with Gasteiger partial charge in [-0.1, -0.05) is 0 Å². The number of rotatable bonds is 4. The van der Waals surface area contributed by atoms with Gasteiger partial charge >= 0.3 is 6.18 Å². The number of amides is 2. The molecule has 120 valence electrons. The molecule has 0 spiro atoms. The molecule has 5 nitrogen and oxygen atoms in total. The van der Waals surface area contributed by atoms with Crippen molar-refractivity contribution in [1.29, 1.82) is 0 Å². The van der Waals surface area contributed by atoms with Crippen LogP contribution in [0.2, 0.25) is 0 Å². The van der Waals surface area contributed by atoms with Gasteiger partial charge in [-0.15, -0.1) is 0 Å². The van der Waals surface area contributed by atoms with Crippen LogP contribution in [-0.2, 0) is 9.59 Å². The van der Waals surface area contributed by atoms with E-state index in [0.29, 0.717) is 25.8 Å². The summed E-state index contributed by atoms with van der Waals surface area (Å²) in [6, 6.07) is 0. The van der Waals surface area contributed by atoms with Crippen LogP contribution in [0.25, 0.3) is 0 Å². The fourth-order valence-corrected chi connectivity index (χ4v) is 2.45. The van der Waals surface area contributed by atoms with Gasteiger partial charge in [0.2, 0.25) is 5.91 Å². The molecule has 1 atom stereocenters. The van der Waals surface area contributed by atoms with Crippen LogP contribution in [0, 0.1) is 5.41 Å². The molecule has 2 aliphatic rings. The van der Waals surface area contributed by atoms with Crippen molar-refractivity contribution < 1.29 is 27.9 Å². The summed E-state index contributed by atoms with van der Waals surface area (Å²) in [5, 5.41) is 11.8. The first-order valence-electron chi connectivity index (χ1n) is 7.05. The van der Waals surface area contributed by atoms with Gasteiger partial charge in [-0.25, -0.2) is 0 Å². The molecular weight excluding hydrogens is 289 g/mol. The summed E-state index contributed by atoms with van der Waals surface area (Å²) in [6.07, 6.45) is -3.67. The van der Waals surface area contributed by atoms with E-state index in [4.69, 9.17) is 0 Å². The van der Waals surface area contributed by atoms with E-state index in [2.05, 4.69) is 5.32 Å². The topological polar surface area (TPSA) is 69.6 Å². The Labute approximate surface area is 120 Å². The highest BCUT2D eigenvalue weighted by Crippen LogP contribution is 2.56. The van der Waals surface area contributed by atoms with E-state index in [9.17, 15) is 27.9 Å². The maximum absolute atomic E-state index is 12.7. The SMILES string of the molecule is O=C(CN1CCCCC(O)C1=O)NCC1(C(F)(F)F)CC1. The number of alkyl halides is 3. The standard InChI is InChI=1S/C13H19F3N2O3/c14-13(15,16)12(4-5-12)8-17-10(20)7-18-6-2-1-3-9(19)11(18)21/h9,19H,1-8H2,(H,17,20). The third-order valence-electron chi connectivity index (χ3n) is 4.17. The van der Waals surface area contributed by atoms with Gasteiger partial charge < -0.3 is 15.3 Å². The van der Waals surface area contributed by atoms with Crippen LogP contribution in [0.4, 0.5) is 13.2 Å². The fourth-order valence-electron chi connectivity index (χ4n) is 2.45. The smallest absolute Gasteiger partial charge is 0.383 e. The summed E-state index contributed by atoms with van der Waals surface area (Å²) in [6.45, 7) is -0.405. The molecule has 21 heavy (non-hydrogen) atoms. The second kappa shape index (κ2) is 5.82. The number of carbonyl (C=O) groups excluding carboxylic acids is 2. The molecule has 0 aromatic heterocycles. The van der Waals surface area contributed by atoms with Gasteiger partial charge in [0.25, 0.3) is 5.91 Å². The lowest BCUT2D eigenvalue weighted by Crippen LogP contribution is -2.46. The minimum Gasteiger partial charge on any atom is -0.383 e. The number of hydrogen-bond acceptors (Lipinski definition) is 3. The summed E-state index contributed by atoms with van der Waals surface area (Å²) in [5.41, 5.74) is -1.79. The van der Waals surface area contributed by atoms with E-state index >= 15 is 0 Å². The Balaban J connectivity index is 1.83. The van der Waals surface area contributed by atoms with Crippen LogP contribution < -0.4 is 5.32 Å². The second-order valence-corrected chi connectivity index (χ2v) is 5.83. The number of likely N-dealkylation sites (tertiary alicyclic amines) is 1. The maximum Gasteiger partial charge on any atom is 0.396 e. The largest absolute Gasteiger partial charge is 0.396 e. The second-order valence-electron chi connectivity index (χ2n) is 5.83. The first-order valence-corrected chi connectivity index (χ1v) is 7.05. The van der Waals surface area contributed by atoms with Crippen LogP contribution >= 0.6 is 0 Å². The van der Waals surface area contributed by atoms with Crippen molar-refractivity contribution in [2.45, 2.75) is 44.4 Å². The van der Waals surface area contributed by atoms with Gasteiger partial charge in [0, 0.05) is 13.1 Å². The summed E-state index contributed by atoms with van der Waals surface area (Å²) in [5.74, 6) is -1.15. The van der Waals surface area contributed by atoms with Crippen molar-refractivity contribution >= 4 is 11.8 Å². The van der Waals surface area contributed by atoms with Crippen LogP contribution in [0.15, 0.2) is 0 Å². The van der Waals surface area contributed by atoms with Crippen LogP contribution in [0.1, 0.15) is 32.1 Å². The predicted octanol–water partition coefficient (Wildman–Crippen LogP) is 0.819. The Hall–Kier alpha value is -1.31. The molecule has 2 N–H and O–H groups in total. The quantitative estimate of drug-likeness (QED) is 0.808. The predicted molar refractivity (Wildman–Crippen MR) is 67.2 cm³/mol. The molecular formula is C13H19F3N2O3. The van der Waals surface area contributed by atoms with E-state index in [1.165, 1.54) is 4.90 Å². The third-order valence-corrected chi connectivity index (χ3v) is 4.17. The van der Waals surface area contributed by atoms with Gasteiger partial charge in [0.05, 0.1) is 12.0 Å². The highest BCUT2D eigenvalue weighted by atomic mass is 19.4. The van der Waals surface area contributed by atoms with E-state index in [1.54, 1.807) is 0 Å². The van der Waals surface area contributed by atoms with E-state index < -0.39 is 36.1 Å². The normalized spacial score (nSPS) is 25.4. The molecule has 1 aliphatic carbocycles.